The van der Waals surface area contributed by atoms with Gasteiger partial charge >= 0.3 is 6.09 Å². The standard InChI is InChI=1S/C39H44Cl2FN5O3Si/c1-38(2,3)50-37(48)46-17-15-26(19-25(46)16-18-49-51(7,8)39(4,5)6)47-35-28-20-30(40)32(33(42)34(28)45-36(41)29(35)22-44-47)27-14-10-12-23-11-9-13-24(21-43)31(23)27/h9-14,20,22,25-26H,15-19H2,1-8H3/t25-,26+/m1/s1. The van der Waals surface area contributed by atoms with E-state index in [1.807, 2.05) is 48.6 Å². The highest BCUT2D eigenvalue weighted by Gasteiger charge is 2.39. The number of amides is 1. The molecule has 1 saturated heterocycles. The highest BCUT2D eigenvalue weighted by molar-refractivity contribution is 6.74. The number of benzene rings is 3. The summed E-state index contributed by atoms with van der Waals surface area (Å²) in [6, 6.07) is 14.5. The molecule has 1 fully saturated rings. The van der Waals surface area contributed by atoms with Gasteiger partial charge in [0.25, 0.3) is 0 Å². The first-order chi connectivity index (χ1) is 23.9. The number of pyridine rings is 1. The SMILES string of the molecule is CC(C)(C)OC(=O)N1CC[C@H](n2ncc3c(Cl)nc4c(F)c(-c5cccc6cccc(C#N)c56)c(Cl)cc4c32)C[C@H]1CCO[Si](C)(C)C(C)(C)C. The molecule has 6 rings (SSSR count). The Morgan fingerprint density at radius 1 is 1.10 bits per heavy atom. The molecule has 12 heteroatoms. The number of piperidine rings is 1. The molecule has 5 aromatic rings. The average Bonchev–Trinajstić information content (AvgIpc) is 3.50. The molecule has 1 aliphatic rings. The molecule has 0 aliphatic carbocycles. The Hall–Kier alpha value is -3.75. The van der Waals surface area contributed by atoms with Crippen molar-refractivity contribution in [2.75, 3.05) is 13.2 Å². The average molecular weight is 749 g/mol. The van der Waals surface area contributed by atoms with E-state index in [2.05, 4.69) is 44.9 Å². The third-order valence-electron chi connectivity index (χ3n) is 10.4. The van der Waals surface area contributed by atoms with Crippen molar-refractivity contribution in [1.29, 1.82) is 5.26 Å². The summed E-state index contributed by atoms with van der Waals surface area (Å²) in [6.45, 7) is 17.6. The Labute approximate surface area is 309 Å². The number of hydrogen-bond donors (Lipinski definition) is 0. The number of nitriles is 1. The predicted octanol–water partition coefficient (Wildman–Crippen LogP) is 11.1. The normalized spacial score (nSPS) is 17.3. The number of nitrogens with zero attached hydrogens (tertiary/aromatic N) is 5. The lowest BCUT2D eigenvalue weighted by atomic mass is 9.93. The third kappa shape index (κ3) is 7.06. The van der Waals surface area contributed by atoms with Crippen molar-refractivity contribution in [3.8, 4) is 17.2 Å². The van der Waals surface area contributed by atoms with E-state index < -0.39 is 19.7 Å². The first-order valence-corrected chi connectivity index (χ1v) is 21.0. The van der Waals surface area contributed by atoms with Gasteiger partial charge in [-0.2, -0.15) is 10.4 Å². The van der Waals surface area contributed by atoms with Gasteiger partial charge in [-0.3, -0.25) is 4.68 Å². The van der Waals surface area contributed by atoms with E-state index in [4.69, 9.17) is 37.5 Å². The van der Waals surface area contributed by atoms with Crippen LogP contribution in [0.2, 0.25) is 28.3 Å². The molecule has 0 bridgehead atoms. The van der Waals surface area contributed by atoms with Crippen molar-refractivity contribution < 1.29 is 18.3 Å². The van der Waals surface area contributed by atoms with Gasteiger partial charge in [-0.25, -0.2) is 14.2 Å². The van der Waals surface area contributed by atoms with Crippen molar-refractivity contribution in [2.45, 2.75) is 96.6 Å². The topological polar surface area (TPSA) is 93.3 Å². The first-order valence-electron chi connectivity index (χ1n) is 17.3. The summed E-state index contributed by atoms with van der Waals surface area (Å²) >= 11 is 13.7. The zero-order chi connectivity index (χ0) is 37.0. The maximum atomic E-state index is 16.8. The number of hydrogen-bond acceptors (Lipinski definition) is 6. The fraction of sp³-hybridized carbons (Fsp3) is 0.436. The van der Waals surface area contributed by atoms with Crippen LogP contribution in [0.15, 0.2) is 48.7 Å². The molecule has 1 amide bonds. The lowest BCUT2D eigenvalue weighted by Gasteiger charge is -2.41. The van der Waals surface area contributed by atoms with Gasteiger partial charge in [-0.15, -0.1) is 0 Å². The molecule has 3 heterocycles. The van der Waals surface area contributed by atoms with E-state index in [1.54, 1.807) is 30.5 Å². The van der Waals surface area contributed by atoms with Crippen LogP contribution < -0.4 is 0 Å². The van der Waals surface area contributed by atoms with Crippen LogP contribution in [-0.2, 0) is 9.16 Å². The Morgan fingerprint density at radius 3 is 2.47 bits per heavy atom. The van der Waals surface area contributed by atoms with Gasteiger partial charge in [0.05, 0.1) is 39.8 Å². The molecule has 2 atom stereocenters. The van der Waals surface area contributed by atoms with Crippen molar-refractivity contribution in [3.63, 3.8) is 0 Å². The predicted molar refractivity (Wildman–Crippen MR) is 205 cm³/mol. The molecule has 8 nitrogen and oxygen atoms in total. The van der Waals surface area contributed by atoms with Gasteiger partial charge < -0.3 is 14.1 Å². The van der Waals surface area contributed by atoms with Gasteiger partial charge in [0.2, 0.25) is 0 Å². The van der Waals surface area contributed by atoms with Crippen molar-refractivity contribution >= 4 is 70.2 Å². The molecular formula is C39H44Cl2FN5O3Si. The summed E-state index contributed by atoms with van der Waals surface area (Å²) in [6.07, 6.45) is 3.11. The maximum absolute atomic E-state index is 16.8. The van der Waals surface area contributed by atoms with E-state index in [0.717, 1.165) is 5.39 Å². The minimum absolute atomic E-state index is 0.0529. The van der Waals surface area contributed by atoms with E-state index >= 15 is 4.39 Å². The summed E-state index contributed by atoms with van der Waals surface area (Å²) in [5.74, 6) is -0.630. The van der Waals surface area contributed by atoms with Crippen LogP contribution in [0, 0.1) is 17.1 Å². The van der Waals surface area contributed by atoms with Crippen LogP contribution in [0.3, 0.4) is 0 Å². The highest BCUT2D eigenvalue weighted by atomic mass is 35.5. The lowest BCUT2D eigenvalue weighted by Crippen LogP contribution is -2.49. The number of likely N-dealkylation sites (tertiary alicyclic amines) is 1. The number of rotatable bonds is 6. The van der Waals surface area contributed by atoms with Gasteiger partial charge in [0, 0.05) is 35.5 Å². The molecule has 51 heavy (non-hydrogen) atoms. The van der Waals surface area contributed by atoms with Gasteiger partial charge in [-0.05, 0) is 81.2 Å². The number of halogens is 3. The summed E-state index contributed by atoms with van der Waals surface area (Å²) in [7, 11) is -2.02. The Balaban J connectivity index is 1.42. The zero-order valence-corrected chi connectivity index (χ0v) is 32.9. The molecule has 0 unspecified atom stereocenters. The molecule has 0 saturated carbocycles. The second kappa shape index (κ2) is 13.7. The summed E-state index contributed by atoms with van der Waals surface area (Å²) < 4.78 is 31.1. The molecule has 0 N–H and O–H groups in total. The molecule has 268 valence electrons. The lowest BCUT2D eigenvalue weighted by molar-refractivity contribution is 0.00199. The summed E-state index contributed by atoms with van der Waals surface area (Å²) in [5.41, 5.74) is 1.11. The quantitative estimate of drug-likeness (QED) is 0.127. The van der Waals surface area contributed by atoms with Crippen LogP contribution in [0.25, 0.3) is 43.7 Å². The second-order valence-corrected chi connectivity index (χ2v) is 21.5. The number of carbonyl (C=O) groups is 1. The fourth-order valence-electron chi connectivity index (χ4n) is 6.76. The summed E-state index contributed by atoms with van der Waals surface area (Å²) in [5, 5.41) is 17.5. The number of ether oxygens (including phenoxy) is 1. The Kier molecular flexibility index (Phi) is 9.92. The largest absolute Gasteiger partial charge is 0.444 e. The number of fused-ring (bicyclic) bond motifs is 4. The monoisotopic (exact) mass is 747 g/mol. The van der Waals surface area contributed by atoms with Crippen molar-refractivity contribution in [1.82, 2.24) is 19.7 Å². The number of aromatic nitrogens is 3. The molecule has 0 radical (unpaired) electrons. The minimum atomic E-state index is -2.02. The molecule has 2 aromatic heterocycles. The zero-order valence-electron chi connectivity index (χ0n) is 30.4. The van der Waals surface area contributed by atoms with Crippen molar-refractivity contribution in [3.05, 3.63) is 70.2 Å². The smallest absolute Gasteiger partial charge is 0.410 e. The first kappa shape index (κ1) is 37.0. The van der Waals surface area contributed by atoms with Crippen LogP contribution in [0.1, 0.15) is 72.4 Å². The Morgan fingerprint density at radius 2 is 1.80 bits per heavy atom. The third-order valence-corrected chi connectivity index (χ3v) is 15.5. The van der Waals surface area contributed by atoms with Gasteiger partial charge in [-0.1, -0.05) is 74.3 Å². The van der Waals surface area contributed by atoms with Crippen LogP contribution in [0.5, 0.6) is 0 Å². The molecule has 3 aromatic carbocycles. The van der Waals surface area contributed by atoms with E-state index in [-0.39, 0.29) is 44.5 Å². The number of carbonyl (C=O) groups excluding carboxylic acids is 1. The van der Waals surface area contributed by atoms with Crippen LogP contribution in [0.4, 0.5) is 9.18 Å². The van der Waals surface area contributed by atoms with Gasteiger partial charge in [0.1, 0.15) is 16.3 Å². The maximum Gasteiger partial charge on any atom is 0.410 e. The van der Waals surface area contributed by atoms with E-state index in [0.29, 0.717) is 65.2 Å². The summed E-state index contributed by atoms with van der Waals surface area (Å²) in [4.78, 5) is 19.8. The second-order valence-electron chi connectivity index (χ2n) is 15.9. The molecular weight excluding hydrogens is 704 g/mol. The van der Waals surface area contributed by atoms with Crippen LogP contribution >= 0.6 is 23.2 Å². The van der Waals surface area contributed by atoms with Crippen LogP contribution in [-0.4, -0.2) is 58.9 Å². The van der Waals surface area contributed by atoms with E-state index in [9.17, 15) is 10.1 Å². The molecule has 1 aliphatic heterocycles. The fourth-order valence-corrected chi connectivity index (χ4v) is 8.34. The molecule has 0 spiro atoms. The van der Waals surface area contributed by atoms with Crippen molar-refractivity contribution in [2.24, 2.45) is 0 Å². The Bertz CT molecular complexity index is 2200. The highest BCUT2D eigenvalue weighted by Crippen LogP contribution is 2.43. The van der Waals surface area contributed by atoms with E-state index in [1.165, 1.54) is 0 Å². The van der Waals surface area contributed by atoms with Gasteiger partial charge in [0.15, 0.2) is 14.1 Å². The minimum Gasteiger partial charge on any atom is -0.444 e.